The first kappa shape index (κ1) is 10.2. The van der Waals surface area contributed by atoms with Gasteiger partial charge in [-0.3, -0.25) is 0 Å². The Hall–Kier alpha value is -2.29. The van der Waals surface area contributed by atoms with Crippen LogP contribution in [0.4, 0.5) is 0 Å². The van der Waals surface area contributed by atoms with Crippen LogP contribution in [0.1, 0.15) is 10.4 Å². The first-order valence-corrected chi connectivity index (χ1v) is 4.76. The summed E-state index contributed by atoms with van der Waals surface area (Å²) in [6.45, 7) is 3.45. The van der Waals surface area contributed by atoms with Gasteiger partial charge in [0.15, 0.2) is 0 Å². The Morgan fingerprint density at radius 1 is 1.25 bits per heavy atom. The van der Waals surface area contributed by atoms with Crippen LogP contribution in [0.15, 0.2) is 49.2 Å². The Labute approximate surface area is 92.6 Å². The van der Waals surface area contributed by atoms with Gasteiger partial charge < -0.3 is 9.84 Å². The van der Waals surface area contributed by atoms with Gasteiger partial charge in [-0.25, -0.2) is 4.79 Å². The summed E-state index contributed by atoms with van der Waals surface area (Å²) < 4.78 is 5.19. The van der Waals surface area contributed by atoms with Crippen LogP contribution in [0.25, 0.3) is 10.8 Å². The lowest BCUT2D eigenvalue weighted by Gasteiger charge is -2.08. The average molecular weight is 214 g/mol. The number of aromatic carboxylic acids is 1. The summed E-state index contributed by atoms with van der Waals surface area (Å²) in [7, 11) is 0. The van der Waals surface area contributed by atoms with Crippen molar-refractivity contribution in [3.05, 3.63) is 54.8 Å². The van der Waals surface area contributed by atoms with Gasteiger partial charge in [0.05, 0.1) is 6.26 Å². The standard InChI is InChI=1S/C13H10O3/c1-2-16-12-10-6-4-3-5-9(10)7-8-11(12)13(14)15/h2-8H,1H2,(H,14,15). The molecule has 0 amide bonds. The van der Waals surface area contributed by atoms with Gasteiger partial charge in [0.25, 0.3) is 0 Å². The lowest BCUT2D eigenvalue weighted by molar-refractivity contribution is 0.0694. The molecule has 2 aromatic carbocycles. The molecule has 0 atom stereocenters. The van der Waals surface area contributed by atoms with Gasteiger partial charge in [-0.2, -0.15) is 0 Å². The fourth-order valence-electron chi connectivity index (χ4n) is 1.62. The van der Waals surface area contributed by atoms with Crippen molar-refractivity contribution in [1.29, 1.82) is 0 Å². The molecule has 0 radical (unpaired) electrons. The molecule has 0 spiro atoms. The molecule has 80 valence electrons. The highest BCUT2D eigenvalue weighted by Crippen LogP contribution is 2.30. The van der Waals surface area contributed by atoms with Gasteiger partial charge in [0.1, 0.15) is 11.3 Å². The molecule has 2 aromatic rings. The van der Waals surface area contributed by atoms with E-state index in [4.69, 9.17) is 9.84 Å². The Bertz CT molecular complexity index is 558. The highest BCUT2D eigenvalue weighted by molar-refractivity contribution is 6.00. The topological polar surface area (TPSA) is 46.5 Å². The minimum atomic E-state index is -1.01. The molecule has 0 aliphatic carbocycles. The maximum atomic E-state index is 11.0. The number of carbonyl (C=O) groups is 1. The van der Waals surface area contributed by atoms with E-state index in [-0.39, 0.29) is 5.56 Å². The quantitative estimate of drug-likeness (QED) is 0.798. The van der Waals surface area contributed by atoms with Crippen molar-refractivity contribution in [1.82, 2.24) is 0 Å². The third-order valence-corrected chi connectivity index (χ3v) is 2.31. The molecule has 0 aliphatic heterocycles. The van der Waals surface area contributed by atoms with E-state index in [1.165, 1.54) is 12.3 Å². The monoisotopic (exact) mass is 214 g/mol. The van der Waals surface area contributed by atoms with E-state index >= 15 is 0 Å². The second-order valence-electron chi connectivity index (χ2n) is 3.25. The summed E-state index contributed by atoms with van der Waals surface area (Å²) in [6, 6.07) is 10.7. The van der Waals surface area contributed by atoms with Gasteiger partial charge in [-0.1, -0.05) is 36.9 Å². The maximum Gasteiger partial charge on any atom is 0.339 e. The van der Waals surface area contributed by atoms with E-state index < -0.39 is 5.97 Å². The van der Waals surface area contributed by atoms with E-state index in [1.807, 2.05) is 24.3 Å². The van der Waals surface area contributed by atoms with Gasteiger partial charge >= 0.3 is 5.97 Å². The van der Waals surface area contributed by atoms with Crippen LogP contribution in [0.2, 0.25) is 0 Å². The predicted octanol–water partition coefficient (Wildman–Crippen LogP) is 3.06. The van der Waals surface area contributed by atoms with Crippen LogP contribution in [0, 0.1) is 0 Å². The minimum Gasteiger partial charge on any atom is -0.478 e. The van der Waals surface area contributed by atoms with Crippen LogP contribution in [0.5, 0.6) is 5.75 Å². The zero-order valence-corrected chi connectivity index (χ0v) is 8.51. The summed E-state index contributed by atoms with van der Waals surface area (Å²) in [4.78, 5) is 11.0. The molecule has 0 fully saturated rings. The van der Waals surface area contributed by atoms with Crippen LogP contribution < -0.4 is 4.74 Å². The molecule has 0 aliphatic rings. The molecule has 0 aromatic heterocycles. The van der Waals surface area contributed by atoms with Crippen molar-refractivity contribution in [3.63, 3.8) is 0 Å². The third kappa shape index (κ3) is 1.63. The number of benzene rings is 2. The summed E-state index contributed by atoms with van der Waals surface area (Å²) >= 11 is 0. The number of carboxylic acid groups (broad SMARTS) is 1. The van der Waals surface area contributed by atoms with Crippen molar-refractivity contribution in [2.75, 3.05) is 0 Å². The molecule has 0 bridgehead atoms. The summed E-state index contributed by atoms with van der Waals surface area (Å²) in [5.74, 6) is -0.678. The number of hydrogen-bond donors (Lipinski definition) is 1. The zero-order valence-electron chi connectivity index (χ0n) is 8.51. The van der Waals surface area contributed by atoms with Crippen molar-refractivity contribution in [2.24, 2.45) is 0 Å². The van der Waals surface area contributed by atoms with Gasteiger partial charge in [-0.05, 0) is 11.5 Å². The first-order valence-electron chi connectivity index (χ1n) is 4.76. The van der Waals surface area contributed by atoms with Gasteiger partial charge in [-0.15, -0.1) is 0 Å². The maximum absolute atomic E-state index is 11.0. The third-order valence-electron chi connectivity index (χ3n) is 2.31. The van der Waals surface area contributed by atoms with E-state index in [0.29, 0.717) is 5.75 Å². The Morgan fingerprint density at radius 3 is 2.69 bits per heavy atom. The first-order chi connectivity index (χ1) is 7.74. The van der Waals surface area contributed by atoms with Crippen LogP contribution in [0.3, 0.4) is 0 Å². The van der Waals surface area contributed by atoms with Gasteiger partial charge in [0, 0.05) is 5.39 Å². The average Bonchev–Trinajstić information content (AvgIpc) is 2.29. The normalized spacial score (nSPS) is 10.0. The fraction of sp³-hybridized carbons (Fsp3) is 0. The van der Waals surface area contributed by atoms with Gasteiger partial charge in [0.2, 0.25) is 0 Å². The highest BCUT2D eigenvalue weighted by Gasteiger charge is 2.13. The number of rotatable bonds is 3. The second kappa shape index (κ2) is 4.06. The second-order valence-corrected chi connectivity index (χ2v) is 3.25. The van der Waals surface area contributed by atoms with Crippen LogP contribution in [-0.4, -0.2) is 11.1 Å². The SMILES string of the molecule is C=COc1c(C(=O)O)ccc2ccccc12. The summed E-state index contributed by atoms with van der Waals surface area (Å²) in [5, 5.41) is 10.7. The van der Waals surface area contributed by atoms with E-state index in [2.05, 4.69) is 6.58 Å². The largest absolute Gasteiger partial charge is 0.478 e. The molecule has 0 saturated carbocycles. The van der Waals surface area contributed by atoms with Crippen molar-refractivity contribution in [3.8, 4) is 5.75 Å². The Balaban J connectivity index is 2.78. The molecule has 2 rings (SSSR count). The fourth-order valence-corrected chi connectivity index (χ4v) is 1.62. The van der Waals surface area contributed by atoms with Crippen molar-refractivity contribution < 1.29 is 14.6 Å². The summed E-state index contributed by atoms with van der Waals surface area (Å²) in [6.07, 6.45) is 1.23. The molecule has 0 unspecified atom stereocenters. The Morgan fingerprint density at radius 2 is 2.00 bits per heavy atom. The van der Waals surface area contributed by atoms with E-state index in [1.54, 1.807) is 6.07 Å². The molecule has 0 heterocycles. The lowest BCUT2D eigenvalue weighted by Crippen LogP contribution is -2.00. The molecular weight excluding hydrogens is 204 g/mol. The molecule has 3 nitrogen and oxygen atoms in total. The number of ether oxygens (including phenoxy) is 1. The van der Waals surface area contributed by atoms with Crippen LogP contribution >= 0.6 is 0 Å². The smallest absolute Gasteiger partial charge is 0.339 e. The Kier molecular flexibility index (Phi) is 2.60. The van der Waals surface area contributed by atoms with Crippen molar-refractivity contribution in [2.45, 2.75) is 0 Å². The predicted molar refractivity (Wildman–Crippen MR) is 61.7 cm³/mol. The number of carboxylic acids is 1. The minimum absolute atomic E-state index is 0.138. The molecule has 3 heteroatoms. The van der Waals surface area contributed by atoms with Crippen LogP contribution in [-0.2, 0) is 0 Å². The summed E-state index contributed by atoms with van der Waals surface area (Å²) in [5.41, 5.74) is 0.138. The zero-order chi connectivity index (χ0) is 11.5. The molecule has 1 N–H and O–H groups in total. The molecule has 0 saturated heterocycles. The molecule has 16 heavy (non-hydrogen) atoms. The molecular formula is C13H10O3. The van der Waals surface area contributed by atoms with Crippen molar-refractivity contribution >= 4 is 16.7 Å². The van der Waals surface area contributed by atoms with E-state index in [9.17, 15) is 4.79 Å². The highest BCUT2D eigenvalue weighted by atomic mass is 16.5. The lowest BCUT2D eigenvalue weighted by atomic mass is 10.1. The van der Waals surface area contributed by atoms with E-state index in [0.717, 1.165) is 10.8 Å². The number of fused-ring (bicyclic) bond motifs is 1. The number of hydrogen-bond acceptors (Lipinski definition) is 2.